The van der Waals surface area contributed by atoms with E-state index in [1.54, 1.807) is 6.92 Å². The predicted octanol–water partition coefficient (Wildman–Crippen LogP) is 4.58. The van der Waals surface area contributed by atoms with Crippen molar-refractivity contribution in [1.82, 2.24) is 14.8 Å². The quantitative estimate of drug-likeness (QED) is 0.335. The number of aryl methyl sites for hydroxylation is 1. The van der Waals surface area contributed by atoms with Gasteiger partial charge in [-0.2, -0.15) is 0 Å². The lowest BCUT2D eigenvalue weighted by Crippen LogP contribution is -2.24. The van der Waals surface area contributed by atoms with Gasteiger partial charge >= 0.3 is 5.97 Å². The summed E-state index contributed by atoms with van der Waals surface area (Å²) in [5.74, 6) is 0.939. The molecule has 1 atom stereocenters. The molecule has 2 aromatic heterocycles. The number of hydrogen-bond acceptors (Lipinski definition) is 7. The Morgan fingerprint density at radius 2 is 2.13 bits per heavy atom. The number of nitrogens with zero attached hydrogens (tertiary/aromatic N) is 3. The SMILES string of the molecule is C=CCn1c(SC(C)C(=O)Nc2sc3c(c2C(=O)OCC)CCCC3)nnc1C1CC1. The highest BCUT2D eigenvalue weighted by Gasteiger charge is 2.32. The first kappa shape index (κ1) is 22.1. The molecule has 0 bridgehead atoms. The molecular formula is C22H28N4O3S2. The van der Waals surface area contributed by atoms with Crippen LogP contribution in [0.4, 0.5) is 5.00 Å². The van der Waals surface area contributed by atoms with Crippen molar-refractivity contribution in [3.8, 4) is 0 Å². The van der Waals surface area contributed by atoms with E-state index >= 15 is 0 Å². The second-order valence-electron chi connectivity index (χ2n) is 7.90. The summed E-state index contributed by atoms with van der Waals surface area (Å²) >= 11 is 2.89. The lowest BCUT2D eigenvalue weighted by Gasteiger charge is -2.14. The van der Waals surface area contributed by atoms with Crippen molar-refractivity contribution in [1.29, 1.82) is 0 Å². The molecule has 1 unspecified atom stereocenters. The lowest BCUT2D eigenvalue weighted by atomic mass is 9.95. The number of thiophene rings is 1. The largest absolute Gasteiger partial charge is 0.462 e. The summed E-state index contributed by atoms with van der Waals surface area (Å²) in [6.45, 7) is 8.41. The molecule has 0 saturated heterocycles. The molecule has 1 N–H and O–H groups in total. The monoisotopic (exact) mass is 460 g/mol. The Morgan fingerprint density at radius 1 is 1.35 bits per heavy atom. The van der Waals surface area contributed by atoms with Gasteiger partial charge in [-0.15, -0.1) is 28.1 Å². The van der Waals surface area contributed by atoms with Crippen molar-refractivity contribution in [2.75, 3.05) is 11.9 Å². The standard InChI is InChI=1S/C22H28N4O3S2/c1-4-12-26-18(14-10-11-14)24-25-22(26)30-13(3)19(27)23-20-17(21(28)29-5-2)15-8-6-7-9-16(15)31-20/h4,13-14H,1,5-12H2,2-3H3,(H,23,27). The fourth-order valence-corrected chi connectivity index (χ4v) is 5.98. The van der Waals surface area contributed by atoms with E-state index < -0.39 is 5.25 Å². The van der Waals surface area contributed by atoms with E-state index in [0.29, 0.717) is 29.6 Å². The zero-order chi connectivity index (χ0) is 22.0. The molecule has 2 heterocycles. The Bertz CT molecular complexity index is 993. The number of aromatic nitrogens is 3. The maximum absolute atomic E-state index is 13.0. The van der Waals surface area contributed by atoms with Gasteiger partial charge in [0.2, 0.25) is 5.91 Å². The Kier molecular flexibility index (Phi) is 6.81. The third-order valence-corrected chi connectivity index (χ3v) is 7.83. The zero-order valence-corrected chi connectivity index (χ0v) is 19.6. The molecule has 9 heteroatoms. The smallest absolute Gasteiger partial charge is 0.341 e. The average molecular weight is 461 g/mol. The number of carbonyl (C=O) groups is 2. The van der Waals surface area contributed by atoms with Gasteiger partial charge < -0.3 is 14.6 Å². The second-order valence-corrected chi connectivity index (χ2v) is 10.3. The third-order valence-electron chi connectivity index (χ3n) is 5.54. The van der Waals surface area contributed by atoms with E-state index in [1.165, 1.54) is 28.0 Å². The van der Waals surface area contributed by atoms with E-state index in [1.807, 2.05) is 17.6 Å². The highest BCUT2D eigenvalue weighted by atomic mass is 32.2. The number of anilines is 1. The predicted molar refractivity (Wildman–Crippen MR) is 123 cm³/mol. The topological polar surface area (TPSA) is 86.1 Å². The number of thioether (sulfide) groups is 1. The number of hydrogen-bond donors (Lipinski definition) is 1. The van der Waals surface area contributed by atoms with Crippen molar-refractivity contribution in [2.45, 2.75) is 75.2 Å². The number of carbonyl (C=O) groups excluding carboxylic acids is 2. The summed E-state index contributed by atoms with van der Waals surface area (Å²) in [6.07, 6.45) is 8.06. The van der Waals surface area contributed by atoms with Crippen molar-refractivity contribution >= 4 is 40.0 Å². The van der Waals surface area contributed by atoms with Crippen LogP contribution < -0.4 is 5.32 Å². The molecule has 166 valence electrons. The first-order chi connectivity index (χ1) is 15.0. The summed E-state index contributed by atoms with van der Waals surface area (Å²) in [4.78, 5) is 26.8. The minimum absolute atomic E-state index is 0.157. The molecule has 7 nitrogen and oxygen atoms in total. The number of rotatable bonds is 9. The van der Waals surface area contributed by atoms with Crippen LogP contribution in [0.15, 0.2) is 17.8 Å². The summed E-state index contributed by atoms with van der Waals surface area (Å²) in [7, 11) is 0. The first-order valence-electron chi connectivity index (χ1n) is 10.9. The molecule has 0 aliphatic heterocycles. The van der Waals surface area contributed by atoms with Crippen LogP contribution in [0.5, 0.6) is 0 Å². The van der Waals surface area contributed by atoms with E-state index in [4.69, 9.17) is 4.74 Å². The number of ether oxygens (including phenoxy) is 1. The van der Waals surface area contributed by atoms with Gasteiger partial charge in [-0.1, -0.05) is 17.8 Å². The van der Waals surface area contributed by atoms with Gasteiger partial charge in [-0.3, -0.25) is 4.79 Å². The van der Waals surface area contributed by atoms with Crippen LogP contribution in [0.1, 0.15) is 72.1 Å². The average Bonchev–Trinajstić information content (AvgIpc) is 3.42. The molecule has 1 amide bonds. The molecular weight excluding hydrogens is 432 g/mol. The van der Waals surface area contributed by atoms with Gasteiger partial charge in [-0.25, -0.2) is 4.79 Å². The fraction of sp³-hybridized carbons (Fsp3) is 0.545. The van der Waals surface area contributed by atoms with Crippen molar-refractivity contribution in [3.63, 3.8) is 0 Å². The number of amides is 1. The first-order valence-corrected chi connectivity index (χ1v) is 12.6. The Hall–Kier alpha value is -2.13. The van der Waals surface area contributed by atoms with Crippen LogP contribution in [0, 0.1) is 0 Å². The summed E-state index contributed by atoms with van der Waals surface area (Å²) < 4.78 is 7.33. The summed E-state index contributed by atoms with van der Waals surface area (Å²) in [5, 5.41) is 12.6. The minimum Gasteiger partial charge on any atom is -0.462 e. The maximum atomic E-state index is 13.0. The Labute approximate surface area is 190 Å². The minimum atomic E-state index is -0.394. The van der Waals surface area contributed by atoms with Gasteiger partial charge in [-0.05, 0) is 57.9 Å². The fourth-order valence-electron chi connectivity index (χ4n) is 3.83. The highest BCUT2D eigenvalue weighted by Crippen LogP contribution is 2.41. The molecule has 0 radical (unpaired) electrons. The number of nitrogens with one attached hydrogen (secondary N) is 1. The van der Waals surface area contributed by atoms with Crippen molar-refractivity contribution in [2.24, 2.45) is 0 Å². The zero-order valence-electron chi connectivity index (χ0n) is 18.0. The van der Waals surface area contributed by atoms with E-state index in [9.17, 15) is 9.59 Å². The van der Waals surface area contributed by atoms with Crippen LogP contribution in [0.3, 0.4) is 0 Å². The van der Waals surface area contributed by atoms with Crippen molar-refractivity contribution in [3.05, 3.63) is 34.5 Å². The molecule has 1 saturated carbocycles. The number of allylic oxidation sites excluding steroid dienone is 1. The summed E-state index contributed by atoms with van der Waals surface area (Å²) in [6, 6.07) is 0. The molecule has 2 aromatic rings. The number of esters is 1. The van der Waals surface area contributed by atoms with E-state index in [0.717, 1.165) is 55.1 Å². The molecule has 0 aromatic carbocycles. The van der Waals surface area contributed by atoms with Crippen LogP contribution in [-0.2, 0) is 28.9 Å². The Balaban J connectivity index is 1.51. The van der Waals surface area contributed by atoms with E-state index in [2.05, 4.69) is 22.1 Å². The van der Waals surface area contributed by atoms with Crippen LogP contribution in [-0.4, -0.2) is 38.5 Å². The van der Waals surface area contributed by atoms with Gasteiger partial charge in [0.15, 0.2) is 5.16 Å². The number of fused-ring (bicyclic) bond motifs is 1. The lowest BCUT2D eigenvalue weighted by molar-refractivity contribution is -0.115. The molecule has 2 aliphatic rings. The van der Waals surface area contributed by atoms with Gasteiger partial charge in [0.25, 0.3) is 0 Å². The molecule has 2 aliphatic carbocycles. The van der Waals surface area contributed by atoms with Gasteiger partial charge in [0.1, 0.15) is 10.8 Å². The third kappa shape index (κ3) is 4.72. The second kappa shape index (κ2) is 9.56. The van der Waals surface area contributed by atoms with Crippen LogP contribution in [0.25, 0.3) is 0 Å². The molecule has 4 rings (SSSR count). The molecule has 1 fully saturated rings. The highest BCUT2D eigenvalue weighted by molar-refractivity contribution is 8.00. The van der Waals surface area contributed by atoms with Crippen LogP contribution >= 0.6 is 23.1 Å². The van der Waals surface area contributed by atoms with Gasteiger partial charge in [0, 0.05) is 17.3 Å². The molecule has 0 spiro atoms. The maximum Gasteiger partial charge on any atom is 0.341 e. The Morgan fingerprint density at radius 3 is 2.84 bits per heavy atom. The van der Waals surface area contributed by atoms with E-state index in [-0.39, 0.29) is 11.9 Å². The summed E-state index contributed by atoms with van der Waals surface area (Å²) in [5.41, 5.74) is 1.59. The van der Waals surface area contributed by atoms with Gasteiger partial charge in [0.05, 0.1) is 17.4 Å². The van der Waals surface area contributed by atoms with Crippen LogP contribution in [0.2, 0.25) is 0 Å². The molecule has 31 heavy (non-hydrogen) atoms. The van der Waals surface area contributed by atoms with Crippen molar-refractivity contribution < 1.29 is 14.3 Å². The normalized spacial score (nSPS) is 16.5.